The van der Waals surface area contributed by atoms with Gasteiger partial charge in [-0.05, 0) is 18.4 Å². The van der Waals surface area contributed by atoms with E-state index in [-0.39, 0.29) is 18.6 Å². The van der Waals surface area contributed by atoms with Crippen molar-refractivity contribution < 1.29 is 14.6 Å². The van der Waals surface area contributed by atoms with Crippen LogP contribution in [-0.2, 0) is 16.1 Å². The summed E-state index contributed by atoms with van der Waals surface area (Å²) in [7, 11) is 0. The number of hydrogen-bond donors (Lipinski definition) is 2. The second-order valence-corrected chi connectivity index (χ2v) is 4.18. The van der Waals surface area contributed by atoms with Gasteiger partial charge < -0.3 is 15.2 Å². The number of carbonyl (C=O) groups excluding carboxylic acids is 1. The molecule has 0 bridgehead atoms. The molecule has 0 fully saturated rings. The van der Waals surface area contributed by atoms with Gasteiger partial charge in [-0.3, -0.25) is 4.79 Å². The van der Waals surface area contributed by atoms with Gasteiger partial charge in [0.1, 0.15) is 6.61 Å². The summed E-state index contributed by atoms with van der Waals surface area (Å²) in [6, 6.07) is 9.72. The summed E-state index contributed by atoms with van der Waals surface area (Å²) in [4.78, 5) is 11.4. The molecule has 1 amide bonds. The van der Waals surface area contributed by atoms with Crippen LogP contribution in [0.1, 0.15) is 25.3 Å². The van der Waals surface area contributed by atoms with Crippen molar-refractivity contribution in [3.63, 3.8) is 0 Å². The van der Waals surface area contributed by atoms with Gasteiger partial charge in [-0.1, -0.05) is 37.3 Å². The average Bonchev–Trinajstić information content (AvgIpc) is 2.39. The zero-order valence-corrected chi connectivity index (χ0v) is 10.8. The number of nitrogens with one attached hydrogen (secondary N) is 1. The molecule has 0 aliphatic rings. The van der Waals surface area contributed by atoms with Gasteiger partial charge in [0, 0.05) is 6.54 Å². The molecule has 0 radical (unpaired) electrons. The monoisotopic (exact) mass is 251 g/mol. The molecule has 0 saturated heterocycles. The average molecular weight is 251 g/mol. The largest absolute Gasteiger partial charge is 0.393 e. The van der Waals surface area contributed by atoms with E-state index in [0.29, 0.717) is 26.0 Å². The van der Waals surface area contributed by atoms with Crippen LogP contribution in [0.15, 0.2) is 30.3 Å². The van der Waals surface area contributed by atoms with E-state index in [9.17, 15) is 9.90 Å². The molecule has 4 heteroatoms. The van der Waals surface area contributed by atoms with Crippen LogP contribution in [0.2, 0.25) is 0 Å². The van der Waals surface area contributed by atoms with Crippen molar-refractivity contribution in [2.45, 2.75) is 32.5 Å². The predicted molar refractivity (Wildman–Crippen MR) is 70.0 cm³/mol. The molecule has 1 aromatic rings. The van der Waals surface area contributed by atoms with Crippen molar-refractivity contribution in [1.29, 1.82) is 0 Å². The SMILES string of the molecule is CCC(O)CCNC(=O)COCc1ccccc1. The first kappa shape index (κ1) is 14.7. The van der Waals surface area contributed by atoms with Crippen LogP contribution in [0.25, 0.3) is 0 Å². The van der Waals surface area contributed by atoms with Crippen molar-refractivity contribution in [1.82, 2.24) is 5.32 Å². The first-order chi connectivity index (χ1) is 8.72. The van der Waals surface area contributed by atoms with E-state index in [0.717, 1.165) is 5.56 Å². The van der Waals surface area contributed by atoms with Gasteiger partial charge in [0.2, 0.25) is 5.91 Å². The number of amides is 1. The first-order valence-corrected chi connectivity index (χ1v) is 6.28. The van der Waals surface area contributed by atoms with E-state index >= 15 is 0 Å². The molecule has 4 nitrogen and oxygen atoms in total. The highest BCUT2D eigenvalue weighted by Gasteiger charge is 2.04. The Morgan fingerprint density at radius 1 is 1.39 bits per heavy atom. The van der Waals surface area contributed by atoms with Gasteiger partial charge in [0.15, 0.2) is 0 Å². The maximum Gasteiger partial charge on any atom is 0.246 e. The molecule has 0 heterocycles. The third kappa shape index (κ3) is 6.37. The normalized spacial score (nSPS) is 12.1. The number of carbonyl (C=O) groups is 1. The molecule has 0 spiro atoms. The maximum absolute atomic E-state index is 11.4. The van der Waals surface area contributed by atoms with Gasteiger partial charge >= 0.3 is 0 Å². The number of benzene rings is 1. The molecule has 0 aliphatic heterocycles. The van der Waals surface area contributed by atoms with E-state index in [4.69, 9.17) is 4.74 Å². The van der Waals surface area contributed by atoms with Crippen LogP contribution in [-0.4, -0.2) is 30.3 Å². The van der Waals surface area contributed by atoms with Crippen molar-refractivity contribution in [2.75, 3.05) is 13.2 Å². The highest BCUT2D eigenvalue weighted by molar-refractivity contribution is 5.77. The zero-order chi connectivity index (χ0) is 13.2. The van der Waals surface area contributed by atoms with Crippen LogP contribution in [0.4, 0.5) is 0 Å². The maximum atomic E-state index is 11.4. The minimum Gasteiger partial charge on any atom is -0.393 e. The van der Waals surface area contributed by atoms with Crippen molar-refractivity contribution >= 4 is 5.91 Å². The van der Waals surface area contributed by atoms with Gasteiger partial charge in [0.25, 0.3) is 0 Å². The third-order valence-corrected chi connectivity index (χ3v) is 2.62. The van der Waals surface area contributed by atoms with Gasteiger partial charge in [-0.25, -0.2) is 0 Å². The Labute approximate surface area is 108 Å². The summed E-state index contributed by atoms with van der Waals surface area (Å²) in [6.07, 6.45) is 0.955. The Kier molecular flexibility index (Phi) is 7.06. The molecule has 0 aliphatic carbocycles. The van der Waals surface area contributed by atoms with E-state index in [2.05, 4.69) is 5.32 Å². The van der Waals surface area contributed by atoms with Crippen LogP contribution >= 0.6 is 0 Å². The first-order valence-electron chi connectivity index (χ1n) is 6.28. The lowest BCUT2D eigenvalue weighted by Gasteiger charge is -2.09. The third-order valence-electron chi connectivity index (χ3n) is 2.62. The lowest BCUT2D eigenvalue weighted by atomic mass is 10.2. The Morgan fingerprint density at radius 2 is 2.11 bits per heavy atom. The fraction of sp³-hybridized carbons (Fsp3) is 0.500. The molecule has 0 saturated carbocycles. The summed E-state index contributed by atoms with van der Waals surface area (Å²) in [6.45, 7) is 2.89. The molecule has 2 N–H and O–H groups in total. The standard InChI is InChI=1S/C14H21NO3/c1-2-13(16)8-9-15-14(17)11-18-10-12-6-4-3-5-7-12/h3-7,13,16H,2,8-11H2,1H3,(H,15,17). The zero-order valence-electron chi connectivity index (χ0n) is 10.8. The lowest BCUT2D eigenvalue weighted by Crippen LogP contribution is -2.30. The second-order valence-electron chi connectivity index (χ2n) is 4.18. The number of rotatable bonds is 8. The number of aliphatic hydroxyl groups is 1. The van der Waals surface area contributed by atoms with E-state index < -0.39 is 0 Å². The Hall–Kier alpha value is -1.39. The van der Waals surface area contributed by atoms with Crippen LogP contribution < -0.4 is 5.32 Å². The van der Waals surface area contributed by atoms with Crippen molar-refractivity contribution in [2.24, 2.45) is 0 Å². The summed E-state index contributed by atoms with van der Waals surface area (Å²) in [5.74, 6) is -0.144. The minimum atomic E-state index is -0.337. The summed E-state index contributed by atoms with van der Waals surface area (Å²) >= 11 is 0. The van der Waals surface area contributed by atoms with Crippen LogP contribution in [0, 0.1) is 0 Å². The lowest BCUT2D eigenvalue weighted by molar-refractivity contribution is -0.126. The smallest absolute Gasteiger partial charge is 0.246 e. The number of hydrogen-bond acceptors (Lipinski definition) is 3. The molecular formula is C14H21NO3. The molecular weight excluding hydrogens is 230 g/mol. The van der Waals surface area contributed by atoms with Crippen molar-refractivity contribution in [3.05, 3.63) is 35.9 Å². The Morgan fingerprint density at radius 3 is 2.78 bits per heavy atom. The van der Waals surface area contributed by atoms with Crippen LogP contribution in [0.3, 0.4) is 0 Å². The van der Waals surface area contributed by atoms with E-state index in [1.165, 1.54) is 0 Å². The summed E-state index contributed by atoms with van der Waals surface area (Å²) < 4.78 is 5.29. The molecule has 18 heavy (non-hydrogen) atoms. The molecule has 1 atom stereocenters. The Balaban J connectivity index is 2.07. The second kappa shape index (κ2) is 8.66. The number of ether oxygens (including phenoxy) is 1. The molecule has 1 aromatic carbocycles. The fourth-order valence-corrected chi connectivity index (χ4v) is 1.47. The Bertz CT molecular complexity index is 340. The highest BCUT2D eigenvalue weighted by atomic mass is 16.5. The summed E-state index contributed by atoms with van der Waals surface area (Å²) in [5, 5.41) is 12.0. The topological polar surface area (TPSA) is 58.6 Å². The molecule has 1 rings (SSSR count). The van der Waals surface area contributed by atoms with E-state index in [1.807, 2.05) is 37.3 Å². The minimum absolute atomic E-state index is 0.0527. The van der Waals surface area contributed by atoms with E-state index in [1.54, 1.807) is 0 Å². The van der Waals surface area contributed by atoms with Gasteiger partial charge in [-0.15, -0.1) is 0 Å². The molecule has 0 aromatic heterocycles. The number of aliphatic hydroxyl groups excluding tert-OH is 1. The molecule has 1 unspecified atom stereocenters. The van der Waals surface area contributed by atoms with Crippen molar-refractivity contribution in [3.8, 4) is 0 Å². The molecule has 100 valence electrons. The predicted octanol–water partition coefficient (Wildman–Crippen LogP) is 1.48. The van der Waals surface area contributed by atoms with Gasteiger partial charge in [-0.2, -0.15) is 0 Å². The summed E-state index contributed by atoms with van der Waals surface area (Å²) in [5.41, 5.74) is 1.05. The quantitative estimate of drug-likeness (QED) is 0.735. The fourth-order valence-electron chi connectivity index (χ4n) is 1.47. The van der Waals surface area contributed by atoms with Gasteiger partial charge in [0.05, 0.1) is 12.7 Å². The van der Waals surface area contributed by atoms with Crippen LogP contribution in [0.5, 0.6) is 0 Å². The highest BCUT2D eigenvalue weighted by Crippen LogP contribution is 2.00.